The predicted octanol–water partition coefficient (Wildman–Crippen LogP) is 3.15. The van der Waals surface area contributed by atoms with Gasteiger partial charge in [-0.2, -0.15) is 0 Å². The molecule has 0 saturated carbocycles. The van der Waals surface area contributed by atoms with Gasteiger partial charge in [-0.05, 0) is 50.0 Å². The zero-order valence-electron chi connectivity index (χ0n) is 19.6. The van der Waals surface area contributed by atoms with E-state index in [9.17, 15) is 24.6 Å². The van der Waals surface area contributed by atoms with Gasteiger partial charge in [-0.1, -0.05) is 54.6 Å². The summed E-state index contributed by atoms with van der Waals surface area (Å²) in [7, 11) is 0. The highest BCUT2D eigenvalue weighted by Crippen LogP contribution is 2.33. The highest BCUT2D eigenvalue weighted by atomic mass is 16.6. The number of carbonyl (C=O) groups is 3. The van der Waals surface area contributed by atoms with Crippen molar-refractivity contribution in [3.63, 3.8) is 0 Å². The smallest absolute Gasteiger partial charge is 0.408 e. The Morgan fingerprint density at radius 3 is 2.29 bits per heavy atom. The molecule has 0 radical (unpaired) electrons. The van der Waals surface area contributed by atoms with E-state index in [0.717, 1.165) is 11.1 Å². The highest BCUT2D eigenvalue weighted by molar-refractivity contribution is 5.85. The van der Waals surface area contributed by atoms with E-state index in [2.05, 4.69) is 5.32 Å². The first-order valence-corrected chi connectivity index (χ1v) is 11.1. The summed E-state index contributed by atoms with van der Waals surface area (Å²) >= 11 is 0. The molecule has 3 rings (SSSR count). The molecule has 2 amide bonds. The van der Waals surface area contributed by atoms with E-state index in [4.69, 9.17) is 4.74 Å². The summed E-state index contributed by atoms with van der Waals surface area (Å²) in [6.07, 6.45) is 1.81. The predicted molar refractivity (Wildman–Crippen MR) is 127 cm³/mol. The fourth-order valence-electron chi connectivity index (χ4n) is 3.77. The van der Waals surface area contributed by atoms with Crippen LogP contribution in [0.3, 0.4) is 0 Å². The molecule has 3 N–H and O–H groups in total. The maximum atomic E-state index is 12.5. The summed E-state index contributed by atoms with van der Waals surface area (Å²) in [4.78, 5) is 37.9. The number of carboxylic acids is 1. The Bertz CT molecular complexity index is 1090. The van der Waals surface area contributed by atoms with Gasteiger partial charge in [0.2, 0.25) is 11.5 Å². The number of amides is 2. The average Bonchev–Trinajstić information content (AvgIpc) is 2.81. The van der Waals surface area contributed by atoms with Gasteiger partial charge < -0.3 is 25.2 Å². The first-order valence-electron chi connectivity index (χ1n) is 11.1. The summed E-state index contributed by atoms with van der Waals surface area (Å²) in [6, 6.07) is 15.1. The van der Waals surface area contributed by atoms with Crippen LogP contribution in [0.25, 0.3) is 5.57 Å². The first-order chi connectivity index (χ1) is 16.0. The largest absolute Gasteiger partial charge is 0.479 e. The summed E-state index contributed by atoms with van der Waals surface area (Å²) in [5.74, 6) is -1.58. The zero-order valence-corrected chi connectivity index (χ0v) is 19.6. The molecule has 2 aromatic carbocycles. The van der Waals surface area contributed by atoms with Gasteiger partial charge in [-0.25, -0.2) is 9.59 Å². The molecule has 1 aliphatic rings. The lowest BCUT2D eigenvalue weighted by atomic mass is 9.84. The molecule has 0 saturated heterocycles. The summed E-state index contributed by atoms with van der Waals surface area (Å²) in [5.41, 5.74) is -0.561. The molecule has 8 heteroatoms. The van der Waals surface area contributed by atoms with Crippen LogP contribution in [0.4, 0.5) is 4.79 Å². The van der Waals surface area contributed by atoms with Crippen molar-refractivity contribution >= 4 is 23.5 Å². The third-order valence-electron chi connectivity index (χ3n) is 5.50. The van der Waals surface area contributed by atoms with Gasteiger partial charge in [0.15, 0.2) is 0 Å². The number of aliphatic carboxylic acids is 1. The van der Waals surface area contributed by atoms with Crippen LogP contribution in [0.1, 0.15) is 43.9 Å². The minimum absolute atomic E-state index is 0.156. The standard InChI is InChI=1S/C26H30N2O6/c1-25(2,3)34-24(32)27-17-22(29)28-14-12-18(13-15-28)19-8-7-11-21(16-19)26(33,23(30)31)20-9-5-4-6-10-20/h4-12,16,33H,13-15,17H2,1-3H3,(H,27,32)(H,30,31). The summed E-state index contributed by atoms with van der Waals surface area (Å²) in [6.45, 7) is 5.89. The number of carbonyl (C=O) groups excluding carboxylic acids is 2. The second-order valence-corrected chi connectivity index (χ2v) is 9.14. The number of hydrogen-bond donors (Lipinski definition) is 3. The number of hydrogen-bond acceptors (Lipinski definition) is 5. The minimum atomic E-state index is -2.18. The van der Waals surface area contributed by atoms with Crippen molar-refractivity contribution in [2.75, 3.05) is 19.6 Å². The van der Waals surface area contributed by atoms with Gasteiger partial charge in [0.25, 0.3) is 0 Å². The quantitative estimate of drug-likeness (QED) is 0.602. The number of carboxylic acid groups (broad SMARTS) is 1. The summed E-state index contributed by atoms with van der Waals surface area (Å²) in [5, 5.41) is 23.4. The monoisotopic (exact) mass is 466 g/mol. The molecule has 0 aliphatic carbocycles. The van der Waals surface area contributed by atoms with Crippen LogP contribution >= 0.6 is 0 Å². The topological polar surface area (TPSA) is 116 Å². The van der Waals surface area contributed by atoms with E-state index in [1.165, 1.54) is 0 Å². The van der Waals surface area contributed by atoms with Gasteiger partial charge in [0.05, 0.1) is 0 Å². The number of ether oxygens (including phenoxy) is 1. The number of aliphatic hydroxyl groups is 1. The molecule has 1 atom stereocenters. The molecule has 34 heavy (non-hydrogen) atoms. The van der Waals surface area contributed by atoms with E-state index < -0.39 is 23.3 Å². The normalized spacial score (nSPS) is 15.6. The number of nitrogens with one attached hydrogen (secondary N) is 1. The van der Waals surface area contributed by atoms with Gasteiger partial charge in [-0.3, -0.25) is 4.79 Å². The third-order valence-corrected chi connectivity index (χ3v) is 5.50. The molecule has 1 heterocycles. The van der Waals surface area contributed by atoms with Crippen molar-refractivity contribution in [2.45, 2.75) is 38.4 Å². The van der Waals surface area contributed by atoms with Crippen molar-refractivity contribution < 1.29 is 29.3 Å². The Morgan fingerprint density at radius 2 is 1.71 bits per heavy atom. The average molecular weight is 467 g/mol. The van der Waals surface area contributed by atoms with Crippen molar-refractivity contribution in [1.82, 2.24) is 10.2 Å². The van der Waals surface area contributed by atoms with Crippen molar-refractivity contribution in [2.24, 2.45) is 0 Å². The molecule has 0 bridgehead atoms. The molecule has 1 unspecified atom stereocenters. The Labute approximate surface area is 198 Å². The number of rotatable bonds is 6. The SMILES string of the molecule is CC(C)(C)OC(=O)NCC(=O)N1CC=C(c2cccc(C(O)(C(=O)O)c3ccccc3)c2)CC1. The van der Waals surface area contributed by atoms with E-state index in [1.807, 2.05) is 12.1 Å². The van der Waals surface area contributed by atoms with Crippen LogP contribution < -0.4 is 5.32 Å². The molecule has 180 valence electrons. The van der Waals surface area contributed by atoms with E-state index in [0.29, 0.717) is 19.5 Å². The minimum Gasteiger partial charge on any atom is -0.479 e. The lowest BCUT2D eigenvalue weighted by Crippen LogP contribution is -2.43. The third kappa shape index (κ3) is 5.82. The molecular weight excluding hydrogens is 436 g/mol. The van der Waals surface area contributed by atoms with Crippen LogP contribution in [-0.4, -0.2) is 58.3 Å². The molecule has 2 aromatic rings. The molecule has 0 spiro atoms. The number of alkyl carbamates (subject to hydrolysis) is 1. The molecule has 1 aliphatic heterocycles. The van der Waals surface area contributed by atoms with E-state index >= 15 is 0 Å². The van der Waals surface area contributed by atoms with Crippen molar-refractivity contribution in [3.8, 4) is 0 Å². The van der Waals surface area contributed by atoms with E-state index in [1.54, 1.807) is 74.2 Å². The molecule has 8 nitrogen and oxygen atoms in total. The maximum Gasteiger partial charge on any atom is 0.408 e. The van der Waals surface area contributed by atoms with Gasteiger partial charge in [0.1, 0.15) is 12.1 Å². The Kier molecular flexibility index (Phi) is 7.41. The summed E-state index contributed by atoms with van der Waals surface area (Å²) < 4.78 is 5.14. The van der Waals surface area contributed by atoms with Crippen LogP contribution in [0.5, 0.6) is 0 Å². The first kappa shape index (κ1) is 25.0. The van der Waals surface area contributed by atoms with Crippen molar-refractivity contribution in [3.05, 3.63) is 77.4 Å². The lowest BCUT2D eigenvalue weighted by molar-refractivity contribution is -0.155. The lowest BCUT2D eigenvalue weighted by Gasteiger charge is -2.28. The zero-order chi connectivity index (χ0) is 24.9. The van der Waals surface area contributed by atoms with Crippen LogP contribution in [-0.2, 0) is 19.9 Å². The second-order valence-electron chi connectivity index (χ2n) is 9.14. The number of benzene rings is 2. The van der Waals surface area contributed by atoms with Gasteiger partial charge in [0, 0.05) is 18.7 Å². The Hall–Kier alpha value is -3.65. The Morgan fingerprint density at radius 1 is 1.03 bits per heavy atom. The highest BCUT2D eigenvalue weighted by Gasteiger charge is 2.40. The van der Waals surface area contributed by atoms with Gasteiger partial charge in [-0.15, -0.1) is 0 Å². The molecule has 0 aromatic heterocycles. The Balaban J connectivity index is 1.71. The van der Waals surface area contributed by atoms with Crippen molar-refractivity contribution in [1.29, 1.82) is 0 Å². The second kappa shape index (κ2) is 10.1. The maximum absolute atomic E-state index is 12.5. The van der Waals surface area contributed by atoms with Crippen LogP contribution in [0.2, 0.25) is 0 Å². The number of nitrogens with zero attached hydrogens (tertiary/aromatic N) is 1. The fraction of sp³-hybridized carbons (Fsp3) is 0.346. The molecular formula is C26H30N2O6. The van der Waals surface area contributed by atoms with Gasteiger partial charge >= 0.3 is 12.1 Å². The van der Waals surface area contributed by atoms with Crippen LogP contribution in [0, 0.1) is 0 Å². The fourth-order valence-corrected chi connectivity index (χ4v) is 3.77. The van der Waals surface area contributed by atoms with E-state index in [-0.39, 0.29) is 23.6 Å². The van der Waals surface area contributed by atoms with Crippen LogP contribution in [0.15, 0.2) is 60.7 Å². The molecule has 0 fully saturated rings.